The number of hydrogen-bond acceptors (Lipinski definition) is 6. The highest BCUT2D eigenvalue weighted by Gasteiger charge is 2.22. The van der Waals surface area contributed by atoms with Crippen molar-refractivity contribution in [3.63, 3.8) is 0 Å². The lowest BCUT2D eigenvalue weighted by Crippen LogP contribution is -2.25. The molecule has 4 N–H and O–H groups in total. The Balaban J connectivity index is 1.27. The Morgan fingerprint density at radius 1 is 1.22 bits per heavy atom. The number of aromatic nitrogens is 1. The molecule has 32 heavy (non-hydrogen) atoms. The van der Waals surface area contributed by atoms with Gasteiger partial charge in [-0.05, 0) is 81.9 Å². The van der Waals surface area contributed by atoms with Crippen molar-refractivity contribution in [2.24, 2.45) is 5.92 Å². The average Bonchev–Trinajstić information content (AvgIpc) is 3.39. The molecule has 170 valence electrons. The molecular formula is C25H33N5OS. The predicted octanol–water partition coefficient (Wildman–Crippen LogP) is 3.99. The van der Waals surface area contributed by atoms with Crippen molar-refractivity contribution in [2.75, 3.05) is 43.9 Å². The summed E-state index contributed by atoms with van der Waals surface area (Å²) in [6, 6.07) is 12.6. The van der Waals surface area contributed by atoms with Crippen molar-refractivity contribution in [3.05, 3.63) is 52.5 Å². The van der Waals surface area contributed by atoms with Crippen LogP contribution in [0.1, 0.15) is 40.2 Å². The van der Waals surface area contributed by atoms with E-state index < -0.39 is 0 Å². The van der Waals surface area contributed by atoms with Crippen molar-refractivity contribution < 1.29 is 4.79 Å². The Morgan fingerprint density at radius 2 is 2.03 bits per heavy atom. The molecule has 2 aromatic heterocycles. The molecule has 1 fully saturated rings. The number of hydrogen-bond donors (Lipinski definition) is 3. The number of nitrogens with two attached hydrogens (primary N) is 1. The molecule has 1 amide bonds. The van der Waals surface area contributed by atoms with Gasteiger partial charge in [0.05, 0.1) is 5.69 Å². The van der Waals surface area contributed by atoms with E-state index in [4.69, 9.17) is 5.73 Å². The Kier molecular flexibility index (Phi) is 7.27. The highest BCUT2D eigenvalue weighted by molar-refractivity contribution is 7.21. The molecule has 6 nitrogen and oxygen atoms in total. The van der Waals surface area contributed by atoms with Gasteiger partial charge in [0.25, 0.3) is 5.91 Å². The SMILES string of the molecule is CNCCCC1CCN(c2ccc(CCNC(=O)c3sc4nc(C)ccc4c3N)cc2)C1. The fourth-order valence-corrected chi connectivity index (χ4v) is 5.46. The Hall–Kier alpha value is -2.64. The summed E-state index contributed by atoms with van der Waals surface area (Å²) in [4.78, 5) is 21.0. The van der Waals surface area contributed by atoms with Crippen LogP contribution >= 0.6 is 11.3 Å². The summed E-state index contributed by atoms with van der Waals surface area (Å²) < 4.78 is 0. The van der Waals surface area contributed by atoms with Gasteiger partial charge in [0.2, 0.25) is 0 Å². The van der Waals surface area contributed by atoms with Gasteiger partial charge in [-0.25, -0.2) is 4.98 Å². The van der Waals surface area contributed by atoms with E-state index >= 15 is 0 Å². The second kappa shape index (κ2) is 10.3. The smallest absolute Gasteiger partial charge is 0.263 e. The Morgan fingerprint density at radius 3 is 2.81 bits per heavy atom. The minimum atomic E-state index is -0.124. The van der Waals surface area contributed by atoms with Crippen molar-refractivity contribution >= 4 is 38.8 Å². The van der Waals surface area contributed by atoms with Crippen LogP contribution in [0.5, 0.6) is 0 Å². The highest BCUT2D eigenvalue weighted by Crippen LogP contribution is 2.32. The average molecular weight is 452 g/mol. The molecule has 0 bridgehead atoms. The maximum atomic E-state index is 12.6. The zero-order chi connectivity index (χ0) is 22.5. The molecule has 0 aliphatic carbocycles. The van der Waals surface area contributed by atoms with Gasteiger partial charge in [-0.1, -0.05) is 12.1 Å². The van der Waals surface area contributed by atoms with Crippen LogP contribution in [0.4, 0.5) is 11.4 Å². The molecule has 1 unspecified atom stereocenters. The van der Waals surface area contributed by atoms with Crippen LogP contribution in [0.25, 0.3) is 10.2 Å². The van der Waals surface area contributed by atoms with Gasteiger partial charge in [-0.15, -0.1) is 11.3 Å². The number of pyridine rings is 1. The van der Waals surface area contributed by atoms with Crippen molar-refractivity contribution in [1.29, 1.82) is 0 Å². The Bertz CT molecular complexity index is 1060. The van der Waals surface area contributed by atoms with Gasteiger partial charge in [-0.2, -0.15) is 0 Å². The van der Waals surface area contributed by atoms with E-state index in [9.17, 15) is 4.79 Å². The van der Waals surface area contributed by atoms with E-state index in [-0.39, 0.29) is 5.91 Å². The van der Waals surface area contributed by atoms with E-state index in [1.54, 1.807) is 0 Å². The largest absolute Gasteiger partial charge is 0.397 e. The van der Waals surface area contributed by atoms with Gasteiger partial charge in [0.15, 0.2) is 0 Å². The van der Waals surface area contributed by atoms with Crippen LogP contribution in [0.2, 0.25) is 0 Å². The third-order valence-corrected chi connectivity index (χ3v) is 7.38. The van der Waals surface area contributed by atoms with Crippen LogP contribution in [-0.4, -0.2) is 44.1 Å². The summed E-state index contributed by atoms with van der Waals surface area (Å²) in [6.07, 6.45) is 4.63. The molecular weight excluding hydrogens is 418 g/mol. The standard InChI is InChI=1S/C25H33N5OS/c1-17-5-10-21-22(26)23(32-25(21)29-17)24(31)28-14-11-18-6-8-20(9-7-18)30-15-12-19(16-30)4-3-13-27-2/h5-10,19,27H,3-4,11-16,26H2,1-2H3,(H,28,31). The number of nitrogens with zero attached hydrogens (tertiary/aromatic N) is 2. The van der Waals surface area contributed by atoms with Gasteiger partial charge >= 0.3 is 0 Å². The van der Waals surface area contributed by atoms with E-state index in [0.717, 1.165) is 47.9 Å². The van der Waals surface area contributed by atoms with Gasteiger partial charge in [0.1, 0.15) is 9.71 Å². The van der Waals surface area contributed by atoms with E-state index in [0.29, 0.717) is 17.1 Å². The number of anilines is 2. The van der Waals surface area contributed by atoms with Gasteiger partial charge < -0.3 is 21.3 Å². The Labute approximate surface area is 194 Å². The lowest BCUT2D eigenvalue weighted by atomic mass is 10.0. The number of rotatable bonds is 9. The monoisotopic (exact) mass is 451 g/mol. The molecule has 0 saturated carbocycles. The van der Waals surface area contributed by atoms with Crippen LogP contribution < -0.4 is 21.3 Å². The first-order valence-electron chi connectivity index (χ1n) is 11.5. The maximum absolute atomic E-state index is 12.6. The molecule has 1 aliphatic heterocycles. The first kappa shape index (κ1) is 22.6. The second-order valence-electron chi connectivity index (χ2n) is 8.67. The summed E-state index contributed by atoms with van der Waals surface area (Å²) in [5.74, 6) is 0.680. The van der Waals surface area contributed by atoms with Crippen LogP contribution in [0.3, 0.4) is 0 Å². The third-order valence-electron chi connectivity index (χ3n) is 6.26. The first-order chi connectivity index (χ1) is 15.5. The second-order valence-corrected chi connectivity index (χ2v) is 9.67. The zero-order valence-corrected chi connectivity index (χ0v) is 19.8. The summed E-state index contributed by atoms with van der Waals surface area (Å²) >= 11 is 1.36. The van der Waals surface area contributed by atoms with Crippen molar-refractivity contribution in [3.8, 4) is 0 Å². The number of nitrogens with one attached hydrogen (secondary N) is 2. The molecule has 3 aromatic rings. The molecule has 1 aromatic carbocycles. The quantitative estimate of drug-likeness (QED) is 0.429. The van der Waals surface area contributed by atoms with E-state index in [1.807, 2.05) is 26.1 Å². The maximum Gasteiger partial charge on any atom is 0.263 e. The van der Waals surface area contributed by atoms with E-state index in [1.165, 1.54) is 41.9 Å². The summed E-state index contributed by atoms with van der Waals surface area (Å²) in [7, 11) is 2.02. The van der Waals surface area contributed by atoms with E-state index in [2.05, 4.69) is 44.8 Å². The molecule has 1 aliphatic rings. The number of nitrogen functional groups attached to an aromatic ring is 1. The number of fused-ring (bicyclic) bond motifs is 1. The topological polar surface area (TPSA) is 83.3 Å². The highest BCUT2D eigenvalue weighted by atomic mass is 32.1. The van der Waals surface area contributed by atoms with Gasteiger partial charge in [0, 0.05) is 36.4 Å². The summed E-state index contributed by atoms with van der Waals surface area (Å²) in [5.41, 5.74) is 10.2. The van der Waals surface area contributed by atoms with Crippen LogP contribution in [0.15, 0.2) is 36.4 Å². The molecule has 0 radical (unpaired) electrons. The normalized spacial score (nSPS) is 16.1. The molecule has 7 heteroatoms. The summed E-state index contributed by atoms with van der Waals surface area (Å²) in [6.45, 7) is 5.92. The van der Waals surface area contributed by atoms with Gasteiger partial charge in [-0.3, -0.25) is 4.79 Å². The molecule has 3 heterocycles. The molecule has 1 atom stereocenters. The number of thiophene rings is 1. The van der Waals surface area contributed by atoms with Crippen LogP contribution in [0, 0.1) is 12.8 Å². The lowest BCUT2D eigenvalue weighted by molar-refractivity contribution is 0.0959. The minimum absolute atomic E-state index is 0.124. The number of carbonyl (C=O) groups is 1. The predicted molar refractivity (Wildman–Crippen MR) is 135 cm³/mol. The van der Waals surface area contributed by atoms with Crippen molar-refractivity contribution in [1.82, 2.24) is 15.6 Å². The fraction of sp³-hybridized carbons (Fsp3) is 0.440. The van der Waals surface area contributed by atoms with Crippen molar-refractivity contribution in [2.45, 2.75) is 32.6 Å². The lowest BCUT2D eigenvalue weighted by Gasteiger charge is -2.19. The zero-order valence-electron chi connectivity index (χ0n) is 19.0. The number of benzene rings is 1. The number of amides is 1. The first-order valence-corrected chi connectivity index (χ1v) is 12.3. The molecule has 1 saturated heterocycles. The number of carbonyl (C=O) groups excluding carboxylic acids is 1. The minimum Gasteiger partial charge on any atom is -0.397 e. The molecule has 0 spiro atoms. The molecule has 4 rings (SSSR count). The fourth-order valence-electron chi connectivity index (χ4n) is 4.40. The third kappa shape index (κ3) is 5.22. The number of aryl methyl sites for hydroxylation is 1. The summed E-state index contributed by atoms with van der Waals surface area (Å²) in [5, 5.41) is 7.10. The van der Waals surface area contributed by atoms with Crippen LogP contribution in [-0.2, 0) is 6.42 Å².